The van der Waals surface area contributed by atoms with E-state index in [0.717, 1.165) is 5.69 Å². The predicted molar refractivity (Wildman–Crippen MR) is 55.7 cm³/mol. The molecule has 0 bridgehead atoms. The van der Waals surface area contributed by atoms with Gasteiger partial charge in [-0.1, -0.05) is 6.92 Å². The fraction of sp³-hybridized carbons (Fsp3) is 0.667. The molecular weight excluding hydrogens is 182 g/mol. The van der Waals surface area contributed by atoms with Gasteiger partial charge in [0.05, 0.1) is 12.0 Å². The first-order valence-electron chi connectivity index (χ1n) is 4.65. The summed E-state index contributed by atoms with van der Waals surface area (Å²) in [5, 5.41) is 0.708. The number of hydrogen-bond donors (Lipinski definition) is 1. The van der Waals surface area contributed by atoms with Gasteiger partial charge in [-0.25, -0.2) is 4.98 Å². The molecule has 1 saturated heterocycles. The zero-order valence-corrected chi connectivity index (χ0v) is 8.63. The molecule has 1 aliphatic heterocycles. The van der Waals surface area contributed by atoms with Gasteiger partial charge in [0.25, 0.3) is 0 Å². The topological polar surface area (TPSA) is 43.8 Å². The first-order valence-corrected chi connectivity index (χ1v) is 5.70. The molecule has 2 atom stereocenters. The van der Waals surface area contributed by atoms with Crippen molar-refractivity contribution in [2.75, 3.05) is 5.75 Å². The molecule has 1 aromatic heterocycles. The Morgan fingerprint density at radius 3 is 3.15 bits per heavy atom. The second kappa shape index (κ2) is 3.72. The highest BCUT2D eigenvalue weighted by molar-refractivity contribution is 8.00. The van der Waals surface area contributed by atoms with E-state index < -0.39 is 0 Å². The van der Waals surface area contributed by atoms with Gasteiger partial charge in [0.2, 0.25) is 0 Å². The van der Waals surface area contributed by atoms with Gasteiger partial charge < -0.3 is 10.3 Å². The molecule has 4 heteroatoms. The highest BCUT2D eigenvalue weighted by Crippen LogP contribution is 2.35. The Labute approximate surface area is 82.7 Å². The van der Waals surface area contributed by atoms with Gasteiger partial charge >= 0.3 is 0 Å². The van der Waals surface area contributed by atoms with Gasteiger partial charge in [-0.15, -0.1) is 0 Å². The number of rotatable bonds is 2. The molecule has 2 unspecified atom stereocenters. The van der Waals surface area contributed by atoms with Crippen LogP contribution in [0.5, 0.6) is 0 Å². The second-order valence-corrected chi connectivity index (χ2v) is 4.93. The molecule has 0 aromatic carbocycles. The van der Waals surface area contributed by atoms with Crippen LogP contribution in [0, 0.1) is 0 Å². The molecule has 0 saturated carbocycles. The van der Waals surface area contributed by atoms with Gasteiger partial charge in [-0.2, -0.15) is 11.8 Å². The third-order valence-corrected chi connectivity index (χ3v) is 3.89. The minimum atomic E-state index is 0.543. The zero-order valence-electron chi connectivity index (χ0n) is 7.81. The van der Waals surface area contributed by atoms with Crippen LogP contribution in [0.4, 0.5) is 0 Å². The van der Waals surface area contributed by atoms with Crippen LogP contribution in [0.3, 0.4) is 0 Å². The number of imidazole rings is 1. The van der Waals surface area contributed by atoms with Crippen LogP contribution < -0.4 is 5.73 Å². The van der Waals surface area contributed by atoms with Crippen LogP contribution in [-0.4, -0.2) is 20.6 Å². The van der Waals surface area contributed by atoms with E-state index in [1.807, 2.05) is 18.1 Å². The van der Waals surface area contributed by atoms with Gasteiger partial charge in [-0.3, -0.25) is 0 Å². The van der Waals surface area contributed by atoms with Crippen molar-refractivity contribution in [2.24, 2.45) is 5.73 Å². The molecule has 1 fully saturated rings. The third kappa shape index (κ3) is 1.74. The molecule has 13 heavy (non-hydrogen) atoms. The average molecular weight is 197 g/mol. The molecule has 1 aliphatic rings. The molecule has 2 heterocycles. The Bertz CT molecular complexity index is 284. The van der Waals surface area contributed by atoms with E-state index in [4.69, 9.17) is 5.73 Å². The highest BCUT2D eigenvalue weighted by Gasteiger charge is 2.25. The maximum absolute atomic E-state index is 5.52. The van der Waals surface area contributed by atoms with Crippen molar-refractivity contribution in [1.29, 1.82) is 0 Å². The summed E-state index contributed by atoms with van der Waals surface area (Å²) in [7, 11) is 0. The van der Waals surface area contributed by atoms with Crippen LogP contribution in [0.2, 0.25) is 0 Å². The first-order chi connectivity index (χ1) is 6.31. The van der Waals surface area contributed by atoms with E-state index in [9.17, 15) is 0 Å². The Hall–Kier alpha value is -0.480. The van der Waals surface area contributed by atoms with E-state index in [-0.39, 0.29) is 0 Å². The smallest absolute Gasteiger partial charge is 0.0952 e. The number of aromatic nitrogens is 2. The summed E-state index contributed by atoms with van der Waals surface area (Å²) < 4.78 is 2.22. The summed E-state index contributed by atoms with van der Waals surface area (Å²) >= 11 is 2.04. The molecular formula is C9H15N3S. The third-order valence-electron chi connectivity index (χ3n) is 2.58. The number of thioether (sulfide) groups is 1. The largest absolute Gasteiger partial charge is 0.333 e. The lowest BCUT2D eigenvalue weighted by Gasteiger charge is -2.15. The van der Waals surface area contributed by atoms with Crippen molar-refractivity contribution in [1.82, 2.24) is 9.55 Å². The van der Waals surface area contributed by atoms with Crippen molar-refractivity contribution in [3.05, 3.63) is 18.2 Å². The van der Waals surface area contributed by atoms with E-state index in [1.54, 1.807) is 0 Å². The lowest BCUT2D eigenvalue weighted by molar-refractivity contribution is 0.504. The Kier molecular flexibility index (Phi) is 2.60. The monoisotopic (exact) mass is 197 g/mol. The molecule has 2 rings (SSSR count). The Morgan fingerprint density at radius 1 is 1.77 bits per heavy atom. The van der Waals surface area contributed by atoms with E-state index in [0.29, 0.717) is 17.8 Å². The molecule has 72 valence electrons. The maximum atomic E-state index is 5.52. The van der Waals surface area contributed by atoms with E-state index in [2.05, 4.69) is 22.7 Å². The van der Waals surface area contributed by atoms with Gasteiger partial charge in [0, 0.05) is 24.0 Å². The summed E-state index contributed by atoms with van der Waals surface area (Å²) in [4.78, 5) is 4.24. The van der Waals surface area contributed by atoms with Crippen molar-refractivity contribution in [2.45, 2.75) is 31.2 Å². The van der Waals surface area contributed by atoms with Gasteiger partial charge in [0.15, 0.2) is 0 Å². The van der Waals surface area contributed by atoms with Gasteiger partial charge in [0.1, 0.15) is 0 Å². The summed E-state index contributed by atoms with van der Waals surface area (Å²) in [5.74, 6) is 1.27. The minimum Gasteiger partial charge on any atom is -0.333 e. The Morgan fingerprint density at radius 2 is 2.62 bits per heavy atom. The molecule has 0 amide bonds. The first kappa shape index (κ1) is 9.09. The standard InChI is InChI=1S/C9H15N3S/c1-7-9(2-3-13-7)12-5-8(4-10)11-6-12/h5-7,9H,2-4,10H2,1H3. The van der Waals surface area contributed by atoms with E-state index in [1.165, 1.54) is 12.2 Å². The molecule has 3 nitrogen and oxygen atoms in total. The fourth-order valence-corrected chi connectivity index (χ4v) is 3.03. The number of hydrogen-bond acceptors (Lipinski definition) is 3. The van der Waals surface area contributed by atoms with Crippen molar-refractivity contribution in [3.63, 3.8) is 0 Å². The lowest BCUT2D eigenvalue weighted by atomic mass is 10.2. The second-order valence-electron chi connectivity index (χ2n) is 3.45. The van der Waals surface area contributed by atoms with E-state index >= 15 is 0 Å². The maximum Gasteiger partial charge on any atom is 0.0952 e. The SMILES string of the molecule is CC1SCCC1n1cnc(CN)c1. The highest BCUT2D eigenvalue weighted by atomic mass is 32.2. The van der Waals surface area contributed by atoms with Crippen molar-refractivity contribution < 1.29 is 0 Å². The molecule has 0 spiro atoms. The van der Waals surface area contributed by atoms with Crippen LogP contribution in [0.25, 0.3) is 0 Å². The molecule has 0 aliphatic carbocycles. The van der Waals surface area contributed by atoms with Crippen LogP contribution in [0.15, 0.2) is 12.5 Å². The number of nitrogens with zero attached hydrogens (tertiary/aromatic N) is 2. The van der Waals surface area contributed by atoms with Crippen LogP contribution >= 0.6 is 11.8 Å². The van der Waals surface area contributed by atoms with Crippen LogP contribution in [0.1, 0.15) is 25.1 Å². The zero-order chi connectivity index (χ0) is 9.26. The Balaban J connectivity index is 2.15. The molecule has 0 radical (unpaired) electrons. The average Bonchev–Trinajstić information content (AvgIpc) is 2.71. The summed E-state index contributed by atoms with van der Waals surface area (Å²) in [5.41, 5.74) is 6.51. The molecule has 1 aromatic rings. The number of nitrogens with two attached hydrogens (primary N) is 1. The normalized spacial score (nSPS) is 28.2. The summed E-state index contributed by atoms with van der Waals surface area (Å²) in [6.07, 6.45) is 5.24. The summed E-state index contributed by atoms with van der Waals surface area (Å²) in [6, 6.07) is 0.623. The predicted octanol–water partition coefficient (Wildman–Crippen LogP) is 1.41. The fourth-order valence-electron chi connectivity index (χ4n) is 1.78. The molecule has 2 N–H and O–H groups in total. The van der Waals surface area contributed by atoms with Crippen LogP contribution in [-0.2, 0) is 6.54 Å². The van der Waals surface area contributed by atoms with Gasteiger partial charge in [-0.05, 0) is 12.2 Å². The summed E-state index contributed by atoms with van der Waals surface area (Å²) in [6.45, 7) is 2.83. The quantitative estimate of drug-likeness (QED) is 0.779. The van der Waals surface area contributed by atoms with Crippen molar-refractivity contribution in [3.8, 4) is 0 Å². The lowest BCUT2D eigenvalue weighted by Crippen LogP contribution is -2.12. The van der Waals surface area contributed by atoms with Crippen molar-refractivity contribution >= 4 is 11.8 Å². The minimum absolute atomic E-state index is 0.543.